The lowest BCUT2D eigenvalue weighted by Gasteiger charge is -2.31. The van der Waals surface area contributed by atoms with Gasteiger partial charge in [-0.15, -0.1) is 0 Å². The number of esters is 1. The summed E-state index contributed by atoms with van der Waals surface area (Å²) in [6.07, 6.45) is 3.71. The van der Waals surface area contributed by atoms with E-state index in [2.05, 4.69) is 5.32 Å². The quantitative estimate of drug-likeness (QED) is 0.0791. The number of nitro benzene ring substituents is 1. The van der Waals surface area contributed by atoms with Crippen LogP contribution in [0.4, 0.5) is 5.69 Å². The predicted molar refractivity (Wildman–Crippen MR) is 175 cm³/mol. The minimum Gasteiger partial charge on any atom is -0.480 e. The Morgan fingerprint density at radius 1 is 0.875 bits per heavy atom. The van der Waals surface area contributed by atoms with Gasteiger partial charge in [-0.25, -0.2) is 4.79 Å². The van der Waals surface area contributed by atoms with Crippen LogP contribution in [0.2, 0.25) is 0 Å². The molecule has 0 aliphatic carbocycles. The van der Waals surface area contributed by atoms with Crippen molar-refractivity contribution >= 4 is 41.6 Å². The zero-order chi connectivity index (χ0) is 34.0. The molecule has 2 amide bonds. The summed E-state index contributed by atoms with van der Waals surface area (Å²) in [5.74, 6) is -5.30. The van der Waals surface area contributed by atoms with Crippen molar-refractivity contribution in [2.75, 3.05) is 7.11 Å². The smallest absolute Gasteiger partial charge is 0.337 e. The maximum Gasteiger partial charge on any atom is 0.337 e. The molecule has 2 saturated heterocycles. The number of aliphatic carboxylic acids is 1. The summed E-state index contributed by atoms with van der Waals surface area (Å²) in [5, 5.41) is 25.2. The van der Waals surface area contributed by atoms with Crippen LogP contribution in [0, 0.1) is 22.0 Å². The molecule has 4 unspecified atom stereocenters. The molecule has 0 aromatic heterocycles. The molecule has 0 spiro atoms. The van der Waals surface area contributed by atoms with Crippen molar-refractivity contribution in [3.05, 3.63) is 147 Å². The number of amides is 2. The lowest BCUT2D eigenvalue weighted by Crippen LogP contribution is -2.57. The molecule has 48 heavy (non-hydrogen) atoms. The van der Waals surface area contributed by atoms with Crippen LogP contribution in [0.5, 0.6) is 0 Å². The summed E-state index contributed by atoms with van der Waals surface area (Å²) in [7, 11) is 1.27. The van der Waals surface area contributed by atoms with Crippen LogP contribution in [0.25, 0.3) is 12.2 Å². The highest BCUT2D eigenvalue weighted by Crippen LogP contribution is 2.50. The van der Waals surface area contributed by atoms with Gasteiger partial charge in [-0.05, 0) is 39.9 Å². The van der Waals surface area contributed by atoms with Crippen molar-refractivity contribution < 1.29 is 33.9 Å². The van der Waals surface area contributed by atoms with E-state index in [0.717, 1.165) is 16.0 Å². The van der Waals surface area contributed by atoms with Crippen molar-refractivity contribution in [1.82, 2.24) is 10.2 Å². The van der Waals surface area contributed by atoms with Crippen molar-refractivity contribution in [3.63, 3.8) is 0 Å². The molecule has 6 rings (SSSR count). The van der Waals surface area contributed by atoms with E-state index >= 15 is 0 Å². The lowest BCUT2D eigenvalue weighted by molar-refractivity contribution is -0.384. The number of ether oxygens (including phenoxy) is 1. The Bertz CT molecular complexity index is 1910. The molecule has 0 saturated carbocycles. The molecule has 4 aromatic carbocycles. The molecule has 242 valence electrons. The first-order chi connectivity index (χ1) is 23.1. The highest BCUT2D eigenvalue weighted by Gasteiger charge is 2.68. The normalized spacial score (nSPS) is 21.8. The Morgan fingerprint density at radius 2 is 1.48 bits per heavy atom. The average Bonchev–Trinajstić information content (AvgIpc) is 3.57. The number of carboxylic acids is 1. The summed E-state index contributed by atoms with van der Waals surface area (Å²) in [4.78, 5) is 65.2. The summed E-state index contributed by atoms with van der Waals surface area (Å²) >= 11 is 0. The van der Waals surface area contributed by atoms with Crippen LogP contribution >= 0.6 is 0 Å². The van der Waals surface area contributed by atoms with Gasteiger partial charge in [0, 0.05) is 24.6 Å². The fourth-order valence-corrected chi connectivity index (χ4v) is 6.62. The highest BCUT2D eigenvalue weighted by atomic mass is 16.6. The van der Waals surface area contributed by atoms with Gasteiger partial charge in [0.05, 0.1) is 36.0 Å². The number of benzene rings is 4. The van der Waals surface area contributed by atoms with Crippen molar-refractivity contribution in [3.8, 4) is 0 Å². The number of carboxylic acid groups (broad SMARTS) is 1. The molecule has 0 bridgehead atoms. The molecule has 11 heteroatoms. The fraction of sp³-hybridized carbons (Fsp3) is 0.189. The number of hydrogen-bond acceptors (Lipinski definition) is 8. The van der Waals surface area contributed by atoms with Crippen molar-refractivity contribution in [2.45, 2.75) is 24.5 Å². The molecule has 2 heterocycles. The number of hydrogen-bond donors (Lipinski definition) is 2. The third-order valence-corrected chi connectivity index (χ3v) is 9.04. The summed E-state index contributed by atoms with van der Waals surface area (Å²) in [6, 6.07) is 28.1. The highest BCUT2D eigenvalue weighted by molar-refractivity contribution is 6.09. The lowest BCUT2D eigenvalue weighted by atomic mass is 9.76. The fourth-order valence-electron chi connectivity index (χ4n) is 6.62. The van der Waals surface area contributed by atoms with Crippen LogP contribution < -0.4 is 5.32 Å². The van der Waals surface area contributed by atoms with Gasteiger partial charge in [0.15, 0.2) is 0 Å². The van der Waals surface area contributed by atoms with Crippen molar-refractivity contribution in [1.29, 1.82) is 0 Å². The van der Waals surface area contributed by atoms with Crippen LogP contribution in [0.1, 0.15) is 44.2 Å². The van der Waals surface area contributed by atoms with Crippen molar-refractivity contribution in [2.24, 2.45) is 11.8 Å². The first-order valence-electron chi connectivity index (χ1n) is 15.2. The minimum atomic E-state index is -1.90. The number of carbonyl (C=O) groups excluding carboxylic acids is 3. The number of carbonyl (C=O) groups is 4. The number of nitrogens with one attached hydrogen (secondary N) is 1. The number of fused-ring (bicyclic) bond motifs is 1. The van der Waals surface area contributed by atoms with E-state index in [4.69, 9.17) is 4.74 Å². The van der Waals surface area contributed by atoms with E-state index in [9.17, 15) is 34.4 Å². The second kappa shape index (κ2) is 13.0. The predicted octanol–water partition coefficient (Wildman–Crippen LogP) is 5.06. The second-order valence-corrected chi connectivity index (χ2v) is 11.9. The summed E-state index contributed by atoms with van der Waals surface area (Å²) < 4.78 is 4.74. The number of nitrogens with zero attached hydrogens (tertiary/aromatic N) is 2. The first kappa shape index (κ1) is 32.0. The third-order valence-electron chi connectivity index (χ3n) is 9.04. The van der Waals surface area contributed by atoms with Gasteiger partial charge in [0.25, 0.3) is 5.69 Å². The Balaban J connectivity index is 1.35. The van der Waals surface area contributed by atoms with E-state index in [-0.39, 0.29) is 18.7 Å². The van der Waals surface area contributed by atoms with Crippen LogP contribution in [-0.4, -0.2) is 51.3 Å². The monoisotopic (exact) mass is 645 g/mol. The zero-order valence-corrected chi connectivity index (χ0v) is 25.8. The zero-order valence-electron chi connectivity index (χ0n) is 25.8. The molecule has 2 N–H and O–H groups in total. The number of likely N-dealkylation sites (tertiary alicyclic amines) is 1. The maximum absolute atomic E-state index is 14.2. The number of rotatable bonds is 10. The number of imide groups is 1. The van der Waals surface area contributed by atoms with Crippen LogP contribution in [0.15, 0.2) is 103 Å². The molecule has 2 aliphatic rings. The molecule has 11 nitrogen and oxygen atoms in total. The second-order valence-electron chi connectivity index (χ2n) is 11.9. The molecule has 2 aliphatic heterocycles. The van der Waals surface area contributed by atoms with Gasteiger partial charge in [0.2, 0.25) is 11.8 Å². The minimum absolute atomic E-state index is 0.116. The molecular formula is C37H31N3O8. The number of non-ortho nitro benzene ring substituents is 1. The Labute approximate surface area is 275 Å². The molecular weight excluding hydrogens is 614 g/mol. The topological polar surface area (TPSA) is 156 Å². The van der Waals surface area contributed by atoms with E-state index in [0.29, 0.717) is 22.3 Å². The van der Waals surface area contributed by atoms with E-state index in [1.165, 1.54) is 43.5 Å². The third kappa shape index (κ3) is 5.98. The summed E-state index contributed by atoms with van der Waals surface area (Å²) in [6.45, 7) is -0.116. The van der Waals surface area contributed by atoms with E-state index in [1.54, 1.807) is 12.1 Å². The number of methoxy groups -OCH3 is 1. The van der Waals surface area contributed by atoms with Gasteiger partial charge < -0.3 is 9.84 Å². The first-order valence-corrected chi connectivity index (χ1v) is 15.2. The average molecular weight is 646 g/mol. The molecule has 0 radical (unpaired) electrons. The van der Waals surface area contributed by atoms with Gasteiger partial charge in [-0.2, -0.15) is 0 Å². The van der Waals surface area contributed by atoms with Crippen LogP contribution in [0.3, 0.4) is 0 Å². The van der Waals surface area contributed by atoms with Gasteiger partial charge in [0.1, 0.15) is 5.54 Å². The maximum atomic E-state index is 14.2. The van der Waals surface area contributed by atoms with E-state index < -0.39 is 52.1 Å². The molecule has 2 fully saturated rings. The SMILES string of the molecule is COC(=O)c1ccc(CN2C(=O)C3C(c4ccc(C=Cc5ccccc5)cc4)NC(Cc4ccc([N+](=O)[O-])cc4)(C(=O)O)C3C2=O)cc1. The van der Waals surface area contributed by atoms with Gasteiger partial charge in [-0.3, -0.25) is 34.7 Å². The van der Waals surface area contributed by atoms with E-state index in [1.807, 2.05) is 66.7 Å². The Morgan fingerprint density at radius 3 is 2.06 bits per heavy atom. The summed E-state index contributed by atoms with van der Waals surface area (Å²) in [5.41, 5.74) is 1.82. The number of nitro groups is 1. The molecule has 4 atom stereocenters. The van der Waals surface area contributed by atoms with Gasteiger partial charge in [-0.1, -0.05) is 91.0 Å². The Kier molecular flexibility index (Phi) is 8.70. The van der Waals surface area contributed by atoms with Crippen LogP contribution in [-0.2, 0) is 32.1 Å². The molecule has 4 aromatic rings. The largest absolute Gasteiger partial charge is 0.480 e. The van der Waals surface area contributed by atoms with Gasteiger partial charge >= 0.3 is 11.9 Å². The standard InChI is InChI=1S/C37H31N3O8/c1-48-35(43)28-17-11-26(12-18-28)22-39-33(41)30-31(34(39)42)37(36(44)45,21-25-13-19-29(20-14-25)40(46)47)38-32(30)27-15-9-24(10-16-27)8-7-23-5-3-2-4-6-23/h2-20,30-32,38H,21-22H2,1H3,(H,44,45). The Hall–Kier alpha value is -5.94.